The van der Waals surface area contributed by atoms with Crippen molar-refractivity contribution in [2.75, 3.05) is 13.2 Å². The summed E-state index contributed by atoms with van der Waals surface area (Å²) in [5.41, 5.74) is 0. The summed E-state index contributed by atoms with van der Waals surface area (Å²) in [7, 11) is 0. The standard InChI is InChI=1S/C20H26BrNO2/c21-17-9-7-16-12-20(10-8-15(16)11-17)24-14-19(23)13-22-18-5-3-1-2-4-6-18/h7-12,18-19,22-23H,1-6,13-14H2. The van der Waals surface area contributed by atoms with Crippen molar-refractivity contribution in [3.05, 3.63) is 40.9 Å². The van der Waals surface area contributed by atoms with Crippen molar-refractivity contribution >= 4 is 26.7 Å². The molecule has 2 aromatic rings. The fourth-order valence-corrected chi connectivity index (χ4v) is 3.70. The normalized spacial score (nSPS) is 17.6. The first-order valence-corrected chi connectivity index (χ1v) is 9.73. The van der Waals surface area contributed by atoms with Crippen molar-refractivity contribution in [2.45, 2.75) is 50.7 Å². The van der Waals surface area contributed by atoms with Crippen molar-refractivity contribution in [3.8, 4) is 5.75 Å². The van der Waals surface area contributed by atoms with Gasteiger partial charge in [0.05, 0.1) is 0 Å². The maximum Gasteiger partial charge on any atom is 0.120 e. The summed E-state index contributed by atoms with van der Waals surface area (Å²) in [5.74, 6) is 0.804. The van der Waals surface area contributed by atoms with Gasteiger partial charge >= 0.3 is 0 Å². The molecule has 0 saturated heterocycles. The van der Waals surface area contributed by atoms with Gasteiger partial charge in [-0.15, -0.1) is 0 Å². The molecular weight excluding hydrogens is 366 g/mol. The minimum absolute atomic E-state index is 0.321. The molecule has 0 heterocycles. The molecular formula is C20H26BrNO2. The van der Waals surface area contributed by atoms with E-state index < -0.39 is 6.10 Å². The minimum atomic E-state index is -0.478. The lowest BCUT2D eigenvalue weighted by Crippen LogP contribution is -2.37. The van der Waals surface area contributed by atoms with Crippen LogP contribution in [0.1, 0.15) is 38.5 Å². The Hall–Kier alpha value is -1.10. The largest absolute Gasteiger partial charge is 0.491 e. The molecule has 4 heteroatoms. The van der Waals surface area contributed by atoms with E-state index >= 15 is 0 Å². The summed E-state index contributed by atoms with van der Waals surface area (Å²) < 4.78 is 6.84. The van der Waals surface area contributed by atoms with Crippen molar-refractivity contribution in [2.24, 2.45) is 0 Å². The fourth-order valence-electron chi connectivity index (χ4n) is 3.32. The predicted octanol–water partition coefficient (Wildman–Crippen LogP) is 4.65. The summed E-state index contributed by atoms with van der Waals surface area (Å²) in [5, 5.41) is 16.0. The van der Waals surface area contributed by atoms with E-state index in [9.17, 15) is 5.11 Å². The highest BCUT2D eigenvalue weighted by Gasteiger charge is 2.13. The molecule has 24 heavy (non-hydrogen) atoms. The van der Waals surface area contributed by atoms with Crippen LogP contribution in [0.2, 0.25) is 0 Å². The molecule has 2 aromatic carbocycles. The molecule has 130 valence electrons. The summed E-state index contributed by atoms with van der Waals surface area (Å²) in [6, 6.07) is 12.8. The Kier molecular flexibility index (Phi) is 6.52. The van der Waals surface area contributed by atoms with E-state index in [1.807, 2.05) is 24.3 Å². The van der Waals surface area contributed by atoms with Crippen LogP contribution in [0.25, 0.3) is 10.8 Å². The van der Waals surface area contributed by atoms with Gasteiger partial charge < -0.3 is 15.2 Å². The number of hydrogen-bond donors (Lipinski definition) is 2. The van der Waals surface area contributed by atoms with Crippen LogP contribution < -0.4 is 10.1 Å². The third-order valence-electron chi connectivity index (χ3n) is 4.71. The molecule has 0 bridgehead atoms. The van der Waals surface area contributed by atoms with E-state index in [1.165, 1.54) is 43.9 Å². The Balaban J connectivity index is 1.47. The van der Waals surface area contributed by atoms with Crippen LogP contribution in [0.5, 0.6) is 5.75 Å². The Bertz CT molecular complexity index is 653. The zero-order valence-corrected chi connectivity index (χ0v) is 15.6. The molecule has 1 aliphatic carbocycles. The number of aliphatic hydroxyl groups is 1. The SMILES string of the molecule is OC(CNC1CCCCCC1)COc1ccc2cc(Br)ccc2c1. The van der Waals surface area contributed by atoms with Crippen LogP contribution in [-0.4, -0.2) is 30.4 Å². The predicted molar refractivity (Wildman–Crippen MR) is 103 cm³/mol. The van der Waals surface area contributed by atoms with E-state index in [-0.39, 0.29) is 0 Å². The van der Waals surface area contributed by atoms with Gasteiger partial charge in [-0.2, -0.15) is 0 Å². The molecule has 1 fully saturated rings. The first-order chi connectivity index (χ1) is 11.7. The Morgan fingerprint density at radius 3 is 2.54 bits per heavy atom. The maximum atomic E-state index is 10.2. The van der Waals surface area contributed by atoms with Crippen LogP contribution in [0, 0.1) is 0 Å². The molecule has 1 unspecified atom stereocenters. The van der Waals surface area contributed by atoms with E-state index in [0.29, 0.717) is 19.2 Å². The molecule has 0 spiro atoms. The minimum Gasteiger partial charge on any atom is -0.491 e. The lowest BCUT2D eigenvalue weighted by atomic mass is 10.1. The van der Waals surface area contributed by atoms with Crippen molar-refractivity contribution in [3.63, 3.8) is 0 Å². The molecule has 3 rings (SSSR count). The van der Waals surface area contributed by atoms with E-state index in [0.717, 1.165) is 15.6 Å². The van der Waals surface area contributed by atoms with Gasteiger partial charge in [-0.1, -0.05) is 53.7 Å². The number of halogens is 1. The molecule has 0 radical (unpaired) electrons. The quantitative estimate of drug-likeness (QED) is 0.703. The second kappa shape index (κ2) is 8.84. The van der Waals surface area contributed by atoms with Gasteiger partial charge in [-0.3, -0.25) is 0 Å². The first kappa shape index (κ1) is 17.7. The van der Waals surface area contributed by atoms with Crippen molar-refractivity contribution in [1.82, 2.24) is 5.32 Å². The zero-order chi connectivity index (χ0) is 16.8. The molecule has 0 aliphatic heterocycles. The number of nitrogens with one attached hydrogen (secondary N) is 1. The van der Waals surface area contributed by atoms with Gasteiger partial charge in [0, 0.05) is 17.1 Å². The van der Waals surface area contributed by atoms with E-state index in [2.05, 4.69) is 33.4 Å². The lowest BCUT2D eigenvalue weighted by molar-refractivity contribution is 0.103. The monoisotopic (exact) mass is 391 g/mol. The zero-order valence-electron chi connectivity index (χ0n) is 14.0. The second-order valence-corrected chi connectivity index (χ2v) is 7.63. The summed E-state index contributed by atoms with van der Waals surface area (Å²) in [6.07, 6.45) is 7.29. The van der Waals surface area contributed by atoms with Crippen LogP contribution in [0.15, 0.2) is 40.9 Å². The Labute approximate surface area is 152 Å². The number of benzene rings is 2. The van der Waals surface area contributed by atoms with Crippen molar-refractivity contribution < 1.29 is 9.84 Å². The van der Waals surface area contributed by atoms with E-state index in [1.54, 1.807) is 0 Å². The molecule has 3 nitrogen and oxygen atoms in total. The third-order valence-corrected chi connectivity index (χ3v) is 5.21. The van der Waals surface area contributed by atoms with Crippen LogP contribution in [-0.2, 0) is 0 Å². The van der Waals surface area contributed by atoms with Crippen LogP contribution in [0.4, 0.5) is 0 Å². The molecule has 0 amide bonds. The number of fused-ring (bicyclic) bond motifs is 1. The molecule has 0 aromatic heterocycles. The highest BCUT2D eigenvalue weighted by molar-refractivity contribution is 9.10. The van der Waals surface area contributed by atoms with Crippen LogP contribution in [0.3, 0.4) is 0 Å². The van der Waals surface area contributed by atoms with Gasteiger partial charge in [0.25, 0.3) is 0 Å². The molecule has 1 aliphatic rings. The number of aliphatic hydroxyl groups excluding tert-OH is 1. The molecule has 2 N–H and O–H groups in total. The average Bonchev–Trinajstić information content (AvgIpc) is 2.87. The lowest BCUT2D eigenvalue weighted by Gasteiger charge is -2.19. The number of hydrogen-bond acceptors (Lipinski definition) is 3. The molecule has 1 saturated carbocycles. The van der Waals surface area contributed by atoms with Crippen molar-refractivity contribution in [1.29, 1.82) is 0 Å². The van der Waals surface area contributed by atoms with Gasteiger partial charge in [0.15, 0.2) is 0 Å². The number of ether oxygens (including phenoxy) is 1. The third kappa shape index (κ3) is 5.20. The Morgan fingerprint density at radius 2 is 1.75 bits per heavy atom. The highest BCUT2D eigenvalue weighted by Crippen LogP contribution is 2.24. The summed E-state index contributed by atoms with van der Waals surface area (Å²) in [6.45, 7) is 0.924. The second-order valence-electron chi connectivity index (χ2n) is 6.71. The summed E-state index contributed by atoms with van der Waals surface area (Å²) in [4.78, 5) is 0. The van der Waals surface area contributed by atoms with Crippen LogP contribution >= 0.6 is 15.9 Å². The van der Waals surface area contributed by atoms with Gasteiger partial charge in [0.2, 0.25) is 0 Å². The van der Waals surface area contributed by atoms with Gasteiger partial charge in [-0.25, -0.2) is 0 Å². The van der Waals surface area contributed by atoms with Gasteiger partial charge in [0.1, 0.15) is 18.5 Å². The topological polar surface area (TPSA) is 41.5 Å². The number of rotatable bonds is 6. The first-order valence-electron chi connectivity index (χ1n) is 8.94. The highest BCUT2D eigenvalue weighted by atomic mass is 79.9. The van der Waals surface area contributed by atoms with Gasteiger partial charge in [-0.05, 0) is 47.9 Å². The average molecular weight is 392 g/mol. The van der Waals surface area contributed by atoms with E-state index in [4.69, 9.17) is 4.74 Å². The smallest absolute Gasteiger partial charge is 0.120 e. The fraction of sp³-hybridized carbons (Fsp3) is 0.500. The maximum absolute atomic E-state index is 10.2. The Morgan fingerprint density at radius 1 is 1.04 bits per heavy atom. The molecule has 1 atom stereocenters. The summed E-state index contributed by atoms with van der Waals surface area (Å²) >= 11 is 3.48.